The molecule has 0 radical (unpaired) electrons. The lowest BCUT2D eigenvalue weighted by Crippen LogP contribution is -2.36. The molecule has 0 N–H and O–H groups in total. The predicted molar refractivity (Wildman–Crippen MR) is 179 cm³/mol. The molecule has 0 heterocycles. The highest BCUT2D eigenvalue weighted by Crippen LogP contribution is 2.44. The molecule has 6 aromatic carbocycles. The van der Waals surface area contributed by atoms with Crippen molar-refractivity contribution >= 4 is 11.9 Å². The smallest absolute Gasteiger partial charge is 0.315 e. The summed E-state index contributed by atoms with van der Waals surface area (Å²) in [5.41, 5.74) is 3.93. The van der Waals surface area contributed by atoms with Gasteiger partial charge in [-0.15, -0.1) is 0 Å². The molecular weight excluding hydrogens is 552 g/mol. The van der Waals surface area contributed by atoms with Gasteiger partial charge in [-0.2, -0.15) is 0 Å². The normalized spacial score (nSPS) is 11.5. The van der Waals surface area contributed by atoms with E-state index in [9.17, 15) is 9.59 Å². The molecule has 0 aliphatic rings. The van der Waals surface area contributed by atoms with Crippen molar-refractivity contribution in [2.24, 2.45) is 0 Å². The van der Waals surface area contributed by atoms with Crippen LogP contribution in [-0.4, -0.2) is 11.9 Å². The summed E-state index contributed by atoms with van der Waals surface area (Å²) in [4.78, 5) is 28.1. The first-order chi connectivity index (χ1) is 22.1. The maximum Gasteiger partial charge on any atom is 0.315 e. The molecule has 0 saturated carbocycles. The van der Waals surface area contributed by atoms with Gasteiger partial charge in [-0.25, -0.2) is 0 Å². The lowest BCUT2D eigenvalue weighted by atomic mass is 9.67. The van der Waals surface area contributed by atoms with E-state index >= 15 is 0 Å². The molecule has 0 aromatic heterocycles. The number of esters is 2. The summed E-state index contributed by atoms with van der Waals surface area (Å²) in [7, 11) is 0. The lowest BCUT2D eigenvalue weighted by molar-refractivity contribution is -0.160. The largest absolute Gasteiger partial charge is 0.393 e. The fraction of sp³-hybridized carbons (Fsp3) is 0.0952. The Bertz CT molecular complexity index is 1490. The Labute approximate surface area is 264 Å². The highest BCUT2D eigenvalue weighted by molar-refractivity contribution is 5.88. The van der Waals surface area contributed by atoms with Gasteiger partial charge in [0.1, 0.15) is 0 Å². The Balaban J connectivity index is 1.40. The number of benzene rings is 6. The number of ether oxygens (including phenoxy) is 1. The quantitative estimate of drug-likeness (QED) is 0.0915. The number of rotatable bonds is 10. The van der Waals surface area contributed by atoms with E-state index < -0.39 is 22.8 Å². The van der Waals surface area contributed by atoms with Crippen LogP contribution in [0.3, 0.4) is 0 Å². The van der Waals surface area contributed by atoms with Crippen LogP contribution in [0, 0.1) is 0 Å². The highest BCUT2D eigenvalue weighted by Gasteiger charge is 2.42. The summed E-state index contributed by atoms with van der Waals surface area (Å²) >= 11 is 0. The van der Waals surface area contributed by atoms with Gasteiger partial charge in [0.05, 0.1) is 23.7 Å². The van der Waals surface area contributed by atoms with Crippen molar-refractivity contribution in [3.63, 3.8) is 0 Å². The number of carbonyl (C=O) groups is 2. The summed E-state index contributed by atoms with van der Waals surface area (Å²) in [5.74, 6) is -1.17. The zero-order chi connectivity index (χ0) is 31.0. The molecule has 0 fully saturated rings. The first kappa shape index (κ1) is 29.5. The molecule has 3 heteroatoms. The van der Waals surface area contributed by atoms with Crippen molar-refractivity contribution < 1.29 is 14.3 Å². The van der Waals surface area contributed by atoms with Gasteiger partial charge >= 0.3 is 11.9 Å². The van der Waals surface area contributed by atoms with E-state index in [1.54, 1.807) is 0 Å². The van der Waals surface area contributed by atoms with E-state index in [4.69, 9.17) is 4.74 Å². The van der Waals surface area contributed by atoms with Crippen LogP contribution < -0.4 is 0 Å². The van der Waals surface area contributed by atoms with Gasteiger partial charge in [0.25, 0.3) is 0 Å². The Morgan fingerprint density at radius 2 is 0.511 bits per heavy atom. The van der Waals surface area contributed by atoms with Gasteiger partial charge in [0, 0.05) is 0 Å². The van der Waals surface area contributed by atoms with Crippen molar-refractivity contribution in [1.29, 1.82) is 0 Å². The van der Waals surface area contributed by atoms with Crippen molar-refractivity contribution in [2.45, 2.75) is 23.7 Å². The number of hydrogen-bond acceptors (Lipinski definition) is 3. The Hall–Kier alpha value is -5.54. The van der Waals surface area contributed by atoms with Crippen LogP contribution in [0.25, 0.3) is 0 Å². The van der Waals surface area contributed by atoms with Crippen LogP contribution in [0.15, 0.2) is 182 Å². The Morgan fingerprint density at radius 3 is 0.689 bits per heavy atom. The number of hydrogen-bond donors (Lipinski definition) is 0. The summed E-state index contributed by atoms with van der Waals surface area (Å²) in [5, 5.41) is 0. The molecule has 220 valence electrons. The molecular formula is C42H34O3. The second-order valence-corrected chi connectivity index (χ2v) is 11.2. The lowest BCUT2D eigenvalue weighted by Gasteiger charge is -2.36. The fourth-order valence-electron chi connectivity index (χ4n) is 6.58. The maximum atomic E-state index is 14.0. The van der Waals surface area contributed by atoms with E-state index in [-0.39, 0.29) is 12.8 Å². The minimum absolute atomic E-state index is 0.0498. The Kier molecular flexibility index (Phi) is 8.79. The monoisotopic (exact) mass is 586 g/mol. The fourth-order valence-corrected chi connectivity index (χ4v) is 6.58. The van der Waals surface area contributed by atoms with E-state index in [1.165, 1.54) is 0 Å². The summed E-state index contributed by atoms with van der Waals surface area (Å²) in [6.45, 7) is 0. The van der Waals surface area contributed by atoms with Gasteiger partial charge in [-0.3, -0.25) is 9.59 Å². The topological polar surface area (TPSA) is 43.4 Å². The van der Waals surface area contributed by atoms with Crippen LogP contribution >= 0.6 is 0 Å². The standard InChI is InChI=1S/C42H34O3/c43-39(31-41(33-19-7-1-8-20-33,34-21-9-2-10-22-34)35-23-11-3-12-24-35)45-40(44)32-42(36-25-13-4-14-26-36,37-27-15-5-16-28-37)38-29-17-6-18-30-38/h1-30H,31-32H2. The van der Waals surface area contributed by atoms with Crippen molar-refractivity contribution in [2.75, 3.05) is 0 Å². The van der Waals surface area contributed by atoms with E-state index in [1.807, 2.05) is 182 Å². The third kappa shape index (κ3) is 5.98. The van der Waals surface area contributed by atoms with Gasteiger partial charge in [-0.1, -0.05) is 182 Å². The van der Waals surface area contributed by atoms with Gasteiger partial charge < -0.3 is 4.74 Å². The maximum absolute atomic E-state index is 14.0. The highest BCUT2D eigenvalue weighted by atomic mass is 16.6. The van der Waals surface area contributed by atoms with E-state index in [0.717, 1.165) is 33.4 Å². The summed E-state index contributed by atoms with van der Waals surface area (Å²) < 4.78 is 5.81. The second kappa shape index (κ2) is 13.4. The molecule has 0 atom stereocenters. The molecule has 6 rings (SSSR count). The zero-order valence-electron chi connectivity index (χ0n) is 25.0. The molecule has 0 unspecified atom stereocenters. The van der Waals surface area contributed by atoms with E-state index in [0.29, 0.717) is 0 Å². The zero-order valence-corrected chi connectivity index (χ0v) is 25.0. The third-order valence-electron chi connectivity index (χ3n) is 8.65. The predicted octanol–water partition coefficient (Wildman–Crippen LogP) is 8.91. The Morgan fingerprint density at radius 1 is 0.333 bits per heavy atom. The second-order valence-electron chi connectivity index (χ2n) is 11.2. The minimum Gasteiger partial charge on any atom is -0.393 e. The van der Waals surface area contributed by atoms with Crippen LogP contribution in [0.4, 0.5) is 0 Å². The summed E-state index contributed by atoms with van der Waals surface area (Å²) in [6.07, 6.45) is -0.0996. The van der Waals surface area contributed by atoms with Gasteiger partial charge in [0.2, 0.25) is 0 Å². The van der Waals surface area contributed by atoms with Crippen LogP contribution in [0.1, 0.15) is 46.2 Å². The minimum atomic E-state index is -0.865. The molecule has 0 spiro atoms. The van der Waals surface area contributed by atoms with Crippen LogP contribution in [-0.2, 0) is 25.2 Å². The molecule has 3 nitrogen and oxygen atoms in total. The molecule has 0 aliphatic heterocycles. The molecule has 0 amide bonds. The average Bonchev–Trinajstić information content (AvgIpc) is 3.12. The van der Waals surface area contributed by atoms with Gasteiger partial charge in [-0.05, 0) is 33.4 Å². The van der Waals surface area contributed by atoms with E-state index in [2.05, 4.69) is 0 Å². The first-order valence-corrected chi connectivity index (χ1v) is 15.2. The van der Waals surface area contributed by atoms with Crippen LogP contribution in [0.2, 0.25) is 0 Å². The third-order valence-corrected chi connectivity index (χ3v) is 8.65. The van der Waals surface area contributed by atoms with Gasteiger partial charge in [0.15, 0.2) is 0 Å². The average molecular weight is 587 g/mol. The molecule has 0 aliphatic carbocycles. The SMILES string of the molecule is O=C(CC(c1ccccc1)(c1ccccc1)c1ccccc1)OC(=O)CC(c1ccccc1)(c1ccccc1)c1ccccc1. The van der Waals surface area contributed by atoms with Crippen LogP contribution in [0.5, 0.6) is 0 Å². The molecule has 45 heavy (non-hydrogen) atoms. The van der Waals surface area contributed by atoms with Crippen molar-refractivity contribution in [3.8, 4) is 0 Å². The molecule has 6 aromatic rings. The summed E-state index contributed by atoms with van der Waals surface area (Å²) in [6, 6.07) is 59.8. The van der Waals surface area contributed by atoms with Crippen molar-refractivity contribution in [3.05, 3.63) is 215 Å². The first-order valence-electron chi connectivity index (χ1n) is 15.2. The molecule has 0 saturated heterocycles. The van der Waals surface area contributed by atoms with Crippen molar-refractivity contribution in [1.82, 2.24) is 0 Å². The molecule has 0 bridgehead atoms. The number of carbonyl (C=O) groups excluding carboxylic acids is 2.